The Bertz CT molecular complexity index is 843. The lowest BCUT2D eigenvalue weighted by atomic mass is 10.2. The Morgan fingerprint density at radius 3 is 2.48 bits per heavy atom. The highest BCUT2D eigenvalue weighted by Crippen LogP contribution is 2.16. The van der Waals surface area contributed by atoms with Crippen LogP contribution in [0, 0.1) is 11.3 Å². The van der Waals surface area contributed by atoms with E-state index in [0.29, 0.717) is 22.7 Å². The third-order valence-electron chi connectivity index (χ3n) is 4.21. The van der Waals surface area contributed by atoms with Gasteiger partial charge in [-0.3, -0.25) is 9.59 Å². The SMILES string of the molecule is COc1cccc(NC(=O)C[NH+](C)[C@H](C)C(=O)Nc2ccc(C#N)cc2)c1. The lowest BCUT2D eigenvalue weighted by Gasteiger charge is -2.20. The van der Waals surface area contributed by atoms with E-state index in [4.69, 9.17) is 10.00 Å². The van der Waals surface area contributed by atoms with E-state index in [-0.39, 0.29) is 18.4 Å². The van der Waals surface area contributed by atoms with E-state index in [9.17, 15) is 9.59 Å². The van der Waals surface area contributed by atoms with Crippen LogP contribution in [0.3, 0.4) is 0 Å². The highest BCUT2D eigenvalue weighted by atomic mass is 16.5. The topological polar surface area (TPSA) is 95.7 Å². The van der Waals surface area contributed by atoms with Gasteiger partial charge in [0, 0.05) is 17.4 Å². The Morgan fingerprint density at radius 1 is 1.15 bits per heavy atom. The maximum Gasteiger partial charge on any atom is 0.282 e. The van der Waals surface area contributed by atoms with Gasteiger partial charge in [-0.1, -0.05) is 6.07 Å². The van der Waals surface area contributed by atoms with E-state index in [1.165, 1.54) is 0 Å². The first kappa shape index (κ1) is 19.9. The third kappa shape index (κ3) is 5.83. The molecule has 140 valence electrons. The molecule has 2 aromatic carbocycles. The second kappa shape index (κ2) is 9.36. The fourth-order valence-electron chi connectivity index (χ4n) is 2.41. The maximum atomic E-state index is 12.4. The number of benzene rings is 2. The number of anilines is 2. The van der Waals surface area contributed by atoms with Crippen molar-refractivity contribution in [2.75, 3.05) is 31.3 Å². The molecule has 0 aliphatic carbocycles. The van der Waals surface area contributed by atoms with Crippen molar-refractivity contribution >= 4 is 23.2 Å². The van der Waals surface area contributed by atoms with E-state index >= 15 is 0 Å². The van der Waals surface area contributed by atoms with E-state index in [1.807, 2.05) is 6.07 Å². The van der Waals surface area contributed by atoms with Crippen LogP contribution in [0.25, 0.3) is 0 Å². The number of nitriles is 1. The van der Waals surface area contributed by atoms with Gasteiger partial charge in [-0.15, -0.1) is 0 Å². The number of likely N-dealkylation sites (N-methyl/N-ethyl adjacent to an activating group) is 1. The van der Waals surface area contributed by atoms with Crippen LogP contribution >= 0.6 is 0 Å². The Balaban J connectivity index is 1.89. The molecular weight excluding hydrogens is 344 g/mol. The second-order valence-electron chi connectivity index (χ2n) is 6.20. The maximum absolute atomic E-state index is 12.4. The predicted molar refractivity (Wildman–Crippen MR) is 103 cm³/mol. The number of hydrogen-bond acceptors (Lipinski definition) is 4. The van der Waals surface area contributed by atoms with Gasteiger partial charge in [0.25, 0.3) is 11.8 Å². The molecule has 0 heterocycles. The zero-order chi connectivity index (χ0) is 19.8. The number of rotatable bonds is 7. The Labute approximate surface area is 158 Å². The van der Waals surface area contributed by atoms with Crippen LogP contribution in [0.15, 0.2) is 48.5 Å². The van der Waals surface area contributed by atoms with Gasteiger partial charge in [0.2, 0.25) is 0 Å². The summed E-state index contributed by atoms with van der Waals surface area (Å²) in [6, 6.07) is 15.3. The third-order valence-corrected chi connectivity index (χ3v) is 4.21. The molecule has 1 unspecified atom stereocenters. The van der Waals surface area contributed by atoms with Crippen molar-refractivity contribution < 1.29 is 19.2 Å². The molecule has 7 heteroatoms. The van der Waals surface area contributed by atoms with Crippen LogP contribution in [0.1, 0.15) is 12.5 Å². The molecule has 0 aliphatic rings. The Kier molecular flexibility index (Phi) is 6.92. The van der Waals surface area contributed by atoms with Gasteiger partial charge in [-0.05, 0) is 43.3 Å². The molecule has 0 spiro atoms. The minimum Gasteiger partial charge on any atom is -0.497 e. The average Bonchev–Trinajstić information content (AvgIpc) is 2.67. The van der Waals surface area contributed by atoms with E-state index in [0.717, 1.165) is 4.90 Å². The molecule has 0 saturated heterocycles. The molecule has 0 aromatic heterocycles. The summed E-state index contributed by atoms with van der Waals surface area (Å²) in [5.74, 6) is 0.258. The monoisotopic (exact) mass is 367 g/mol. The van der Waals surface area contributed by atoms with Crippen LogP contribution < -0.4 is 20.3 Å². The smallest absolute Gasteiger partial charge is 0.282 e. The summed E-state index contributed by atoms with van der Waals surface area (Å²) in [6.07, 6.45) is 0. The highest BCUT2D eigenvalue weighted by molar-refractivity contribution is 5.94. The second-order valence-corrected chi connectivity index (χ2v) is 6.20. The quantitative estimate of drug-likeness (QED) is 0.682. The van der Waals surface area contributed by atoms with Crippen LogP contribution in [0.5, 0.6) is 5.75 Å². The van der Waals surface area contributed by atoms with E-state index in [2.05, 4.69) is 10.6 Å². The molecule has 0 fully saturated rings. The summed E-state index contributed by atoms with van der Waals surface area (Å²) in [5, 5.41) is 14.4. The number of nitrogens with one attached hydrogen (secondary N) is 3. The Hall–Kier alpha value is -3.37. The first-order chi connectivity index (χ1) is 12.9. The first-order valence-electron chi connectivity index (χ1n) is 8.50. The van der Waals surface area contributed by atoms with Crippen LogP contribution in [0.4, 0.5) is 11.4 Å². The van der Waals surface area contributed by atoms with Crippen molar-refractivity contribution in [1.29, 1.82) is 5.26 Å². The van der Waals surface area contributed by atoms with Crippen molar-refractivity contribution in [3.05, 3.63) is 54.1 Å². The van der Waals surface area contributed by atoms with Gasteiger partial charge >= 0.3 is 0 Å². The number of methoxy groups -OCH3 is 1. The molecule has 0 radical (unpaired) electrons. The summed E-state index contributed by atoms with van der Waals surface area (Å²) >= 11 is 0. The van der Waals surface area contributed by atoms with Gasteiger partial charge in [-0.2, -0.15) is 5.26 Å². The molecule has 2 aromatic rings. The summed E-state index contributed by atoms with van der Waals surface area (Å²) in [7, 11) is 3.35. The zero-order valence-electron chi connectivity index (χ0n) is 15.6. The predicted octanol–water partition coefficient (Wildman–Crippen LogP) is 1.05. The van der Waals surface area contributed by atoms with Gasteiger partial charge in [0.05, 0.1) is 25.8 Å². The van der Waals surface area contributed by atoms with Crippen molar-refractivity contribution in [3.8, 4) is 11.8 Å². The van der Waals surface area contributed by atoms with Gasteiger partial charge in [-0.25, -0.2) is 0 Å². The molecule has 0 aliphatic heterocycles. The molecule has 27 heavy (non-hydrogen) atoms. The standard InChI is InChI=1S/C20H22N4O3/c1-14(20(26)23-16-9-7-15(12-21)8-10-16)24(2)13-19(25)22-17-5-4-6-18(11-17)27-3/h4-11,14H,13H2,1-3H3,(H,22,25)(H,23,26)/p+1/t14-/m1/s1. The van der Waals surface area contributed by atoms with Gasteiger partial charge in [0.1, 0.15) is 5.75 Å². The van der Waals surface area contributed by atoms with Crippen molar-refractivity contribution in [2.24, 2.45) is 0 Å². The number of carbonyl (C=O) groups excluding carboxylic acids is 2. The van der Waals surface area contributed by atoms with Gasteiger partial charge < -0.3 is 20.3 Å². The normalized spacial score (nSPS) is 12.4. The first-order valence-corrected chi connectivity index (χ1v) is 8.50. The van der Waals surface area contributed by atoms with Crippen LogP contribution in [0.2, 0.25) is 0 Å². The molecule has 2 amide bonds. The largest absolute Gasteiger partial charge is 0.497 e. The lowest BCUT2D eigenvalue weighted by molar-refractivity contribution is -0.885. The highest BCUT2D eigenvalue weighted by Gasteiger charge is 2.24. The number of hydrogen-bond donors (Lipinski definition) is 3. The fraction of sp³-hybridized carbons (Fsp3) is 0.250. The van der Waals surface area contributed by atoms with E-state index in [1.54, 1.807) is 69.6 Å². The van der Waals surface area contributed by atoms with Crippen LogP contribution in [-0.4, -0.2) is 38.6 Å². The van der Waals surface area contributed by atoms with Crippen molar-refractivity contribution in [3.63, 3.8) is 0 Å². The molecule has 7 nitrogen and oxygen atoms in total. The summed E-state index contributed by atoms with van der Waals surface area (Å²) in [5.41, 5.74) is 1.78. The minimum absolute atomic E-state index is 0.138. The Morgan fingerprint density at radius 2 is 1.85 bits per heavy atom. The summed E-state index contributed by atoms with van der Waals surface area (Å²) in [4.78, 5) is 25.4. The number of ether oxygens (including phenoxy) is 1. The molecule has 2 rings (SSSR count). The van der Waals surface area contributed by atoms with E-state index < -0.39 is 6.04 Å². The summed E-state index contributed by atoms with van der Waals surface area (Å²) in [6.45, 7) is 1.90. The van der Waals surface area contributed by atoms with Crippen molar-refractivity contribution in [2.45, 2.75) is 13.0 Å². The molecule has 0 saturated carbocycles. The van der Waals surface area contributed by atoms with Gasteiger partial charge in [0.15, 0.2) is 12.6 Å². The lowest BCUT2D eigenvalue weighted by Crippen LogP contribution is -3.14. The summed E-state index contributed by atoms with van der Waals surface area (Å²) < 4.78 is 5.13. The number of amides is 2. The average molecular weight is 367 g/mol. The van der Waals surface area contributed by atoms with Crippen LogP contribution in [-0.2, 0) is 9.59 Å². The van der Waals surface area contributed by atoms with Crippen molar-refractivity contribution in [1.82, 2.24) is 0 Å². The zero-order valence-corrected chi connectivity index (χ0v) is 15.6. The molecule has 2 atom stereocenters. The molecule has 3 N–H and O–H groups in total. The fourth-order valence-corrected chi connectivity index (χ4v) is 2.41. The number of carbonyl (C=O) groups is 2. The minimum atomic E-state index is -0.434. The number of quaternary nitrogens is 1. The molecule has 0 bridgehead atoms. The molecular formula is C20H23N4O3+. The number of nitrogens with zero attached hydrogens (tertiary/aromatic N) is 1.